The van der Waals surface area contributed by atoms with E-state index >= 15 is 0 Å². The Bertz CT molecular complexity index is 465. The van der Waals surface area contributed by atoms with E-state index in [-0.39, 0.29) is 6.04 Å². The molecule has 3 nitrogen and oxygen atoms in total. The lowest BCUT2D eigenvalue weighted by molar-refractivity contribution is 0.646. The van der Waals surface area contributed by atoms with E-state index in [2.05, 4.69) is 46.5 Å². The minimum Gasteiger partial charge on any atom is -0.307 e. The van der Waals surface area contributed by atoms with Crippen molar-refractivity contribution in [2.45, 2.75) is 25.8 Å². The molecule has 0 aliphatic rings. The van der Waals surface area contributed by atoms with Gasteiger partial charge in [0.25, 0.3) is 0 Å². The van der Waals surface area contributed by atoms with E-state index in [9.17, 15) is 0 Å². The lowest BCUT2D eigenvalue weighted by Gasteiger charge is -2.15. The van der Waals surface area contributed by atoms with Crippen molar-refractivity contribution >= 4 is 0 Å². The Labute approximate surface area is 108 Å². The summed E-state index contributed by atoms with van der Waals surface area (Å²) in [5.74, 6) is 0.809. The van der Waals surface area contributed by atoms with Crippen LogP contribution in [0.2, 0.25) is 0 Å². The molecule has 0 aliphatic heterocycles. The van der Waals surface area contributed by atoms with Gasteiger partial charge in [0, 0.05) is 12.4 Å². The minimum absolute atomic E-state index is 0.0573. The third kappa shape index (κ3) is 2.93. The molecule has 2 aromatic rings. The van der Waals surface area contributed by atoms with Gasteiger partial charge >= 0.3 is 0 Å². The van der Waals surface area contributed by atoms with Crippen LogP contribution in [0.25, 0.3) is 0 Å². The molecule has 3 heteroatoms. The molecule has 1 heterocycles. The highest BCUT2D eigenvalue weighted by atomic mass is 15.0. The number of hydrogen-bond donors (Lipinski definition) is 1. The van der Waals surface area contributed by atoms with Crippen LogP contribution in [0, 0.1) is 0 Å². The maximum atomic E-state index is 4.31. The van der Waals surface area contributed by atoms with Crippen LogP contribution >= 0.6 is 0 Å². The quantitative estimate of drug-likeness (QED) is 0.874. The number of nitrogens with zero attached hydrogens (tertiary/aromatic N) is 2. The predicted octanol–water partition coefficient (Wildman–Crippen LogP) is 2.74. The maximum Gasteiger partial charge on any atom is 0.149 e. The summed E-state index contributed by atoms with van der Waals surface area (Å²) in [6.45, 7) is 2.20. The standard InChI is InChI=1S/C15H19N3/c1-3-5-12-6-8-13(9-7-12)14(16-2)15-17-10-4-11-18-15/h4,6-11,14,16H,3,5H2,1-2H3. The first-order chi connectivity index (χ1) is 8.85. The molecule has 0 saturated heterocycles. The smallest absolute Gasteiger partial charge is 0.149 e. The molecule has 1 aromatic heterocycles. The van der Waals surface area contributed by atoms with E-state index < -0.39 is 0 Å². The number of hydrogen-bond acceptors (Lipinski definition) is 3. The summed E-state index contributed by atoms with van der Waals surface area (Å²) >= 11 is 0. The summed E-state index contributed by atoms with van der Waals surface area (Å²) in [6.07, 6.45) is 5.86. The van der Waals surface area contributed by atoms with Gasteiger partial charge in [0.15, 0.2) is 0 Å². The lowest BCUT2D eigenvalue weighted by Crippen LogP contribution is -2.20. The summed E-state index contributed by atoms with van der Waals surface area (Å²) in [6, 6.07) is 10.6. The molecule has 1 atom stereocenters. The SMILES string of the molecule is CCCc1ccc(C(NC)c2ncccn2)cc1. The topological polar surface area (TPSA) is 37.8 Å². The molecule has 0 radical (unpaired) electrons. The Morgan fingerprint density at radius 3 is 2.33 bits per heavy atom. The van der Waals surface area contributed by atoms with Crippen LogP contribution < -0.4 is 5.32 Å². The highest BCUT2D eigenvalue weighted by Gasteiger charge is 2.13. The third-order valence-electron chi connectivity index (χ3n) is 2.98. The zero-order chi connectivity index (χ0) is 12.8. The van der Waals surface area contributed by atoms with Gasteiger partial charge in [0.1, 0.15) is 5.82 Å². The summed E-state index contributed by atoms with van der Waals surface area (Å²) in [4.78, 5) is 8.62. The Hall–Kier alpha value is -1.74. The monoisotopic (exact) mass is 241 g/mol. The zero-order valence-corrected chi connectivity index (χ0v) is 10.9. The van der Waals surface area contributed by atoms with E-state index in [0.717, 1.165) is 12.2 Å². The van der Waals surface area contributed by atoms with E-state index in [1.165, 1.54) is 17.5 Å². The second kappa shape index (κ2) is 6.26. The van der Waals surface area contributed by atoms with Crippen molar-refractivity contribution in [2.75, 3.05) is 7.05 Å². The summed E-state index contributed by atoms with van der Waals surface area (Å²) in [5, 5.41) is 3.26. The van der Waals surface area contributed by atoms with Crippen LogP contribution in [0.15, 0.2) is 42.7 Å². The van der Waals surface area contributed by atoms with Crippen LogP contribution in [-0.4, -0.2) is 17.0 Å². The molecule has 0 amide bonds. The van der Waals surface area contributed by atoms with E-state index in [1.54, 1.807) is 12.4 Å². The molecule has 94 valence electrons. The Morgan fingerprint density at radius 1 is 1.11 bits per heavy atom. The van der Waals surface area contributed by atoms with Crippen molar-refractivity contribution in [1.82, 2.24) is 15.3 Å². The van der Waals surface area contributed by atoms with Crippen molar-refractivity contribution in [3.63, 3.8) is 0 Å². The van der Waals surface area contributed by atoms with Crippen LogP contribution in [0.4, 0.5) is 0 Å². The molecular weight excluding hydrogens is 222 g/mol. The minimum atomic E-state index is 0.0573. The van der Waals surface area contributed by atoms with Crippen LogP contribution in [0.3, 0.4) is 0 Å². The number of aromatic nitrogens is 2. The van der Waals surface area contributed by atoms with Gasteiger partial charge in [0.05, 0.1) is 6.04 Å². The maximum absolute atomic E-state index is 4.31. The first-order valence-corrected chi connectivity index (χ1v) is 6.38. The van der Waals surface area contributed by atoms with Gasteiger partial charge in [-0.25, -0.2) is 9.97 Å². The van der Waals surface area contributed by atoms with Crippen LogP contribution in [-0.2, 0) is 6.42 Å². The van der Waals surface area contributed by atoms with E-state index in [1.807, 2.05) is 13.1 Å². The summed E-state index contributed by atoms with van der Waals surface area (Å²) in [7, 11) is 1.93. The average Bonchev–Trinajstić information content (AvgIpc) is 2.43. The van der Waals surface area contributed by atoms with Crippen molar-refractivity contribution in [2.24, 2.45) is 0 Å². The molecule has 18 heavy (non-hydrogen) atoms. The molecule has 2 rings (SSSR count). The molecule has 1 aromatic carbocycles. The van der Waals surface area contributed by atoms with Gasteiger partial charge in [-0.15, -0.1) is 0 Å². The number of rotatable bonds is 5. The van der Waals surface area contributed by atoms with E-state index in [4.69, 9.17) is 0 Å². The largest absolute Gasteiger partial charge is 0.307 e. The fourth-order valence-electron chi connectivity index (χ4n) is 2.07. The van der Waals surface area contributed by atoms with Crippen molar-refractivity contribution in [3.05, 3.63) is 59.7 Å². The summed E-state index contributed by atoms with van der Waals surface area (Å²) in [5.41, 5.74) is 2.58. The number of nitrogens with one attached hydrogen (secondary N) is 1. The molecule has 0 aliphatic carbocycles. The highest BCUT2D eigenvalue weighted by Crippen LogP contribution is 2.19. The molecule has 0 spiro atoms. The zero-order valence-electron chi connectivity index (χ0n) is 10.9. The van der Waals surface area contributed by atoms with Crippen molar-refractivity contribution in [3.8, 4) is 0 Å². The van der Waals surface area contributed by atoms with Crippen LogP contribution in [0.5, 0.6) is 0 Å². The Kier molecular flexibility index (Phi) is 4.42. The van der Waals surface area contributed by atoms with Crippen molar-refractivity contribution in [1.29, 1.82) is 0 Å². The molecule has 0 bridgehead atoms. The molecule has 0 fully saturated rings. The number of benzene rings is 1. The normalized spacial score (nSPS) is 12.3. The van der Waals surface area contributed by atoms with Crippen LogP contribution in [0.1, 0.15) is 36.3 Å². The second-order valence-electron chi connectivity index (χ2n) is 4.32. The predicted molar refractivity (Wildman–Crippen MR) is 73.4 cm³/mol. The first-order valence-electron chi connectivity index (χ1n) is 6.38. The average molecular weight is 241 g/mol. The molecular formula is C15H19N3. The van der Waals surface area contributed by atoms with Gasteiger partial charge < -0.3 is 5.32 Å². The third-order valence-corrected chi connectivity index (χ3v) is 2.98. The first kappa shape index (κ1) is 12.7. The summed E-state index contributed by atoms with van der Waals surface area (Å²) < 4.78 is 0. The van der Waals surface area contributed by atoms with Gasteiger partial charge in [-0.05, 0) is 30.7 Å². The molecule has 0 saturated carbocycles. The highest BCUT2D eigenvalue weighted by molar-refractivity contribution is 5.28. The lowest BCUT2D eigenvalue weighted by atomic mass is 10.0. The van der Waals surface area contributed by atoms with Gasteiger partial charge in [-0.2, -0.15) is 0 Å². The van der Waals surface area contributed by atoms with Gasteiger partial charge in [0.2, 0.25) is 0 Å². The fraction of sp³-hybridized carbons (Fsp3) is 0.333. The van der Waals surface area contributed by atoms with Crippen molar-refractivity contribution < 1.29 is 0 Å². The Morgan fingerprint density at radius 2 is 1.78 bits per heavy atom. The fourth-order valence-corrected chi connectivity index (χ4v) is 2.07. The van der Waals surface area contributed by atoms with Gasteiger partial charge in [-0.1, -0.05) is 37.6 Å². The van der Waals surface area contributed by atoms with Gasteiger partial charge in [-0.3, -0.25) is 0 Å². The molecule has 1 N–H and O–H groups in total. The van der Waals surface area contributed by atoms with E-state index in [0.29, 0.717) is 0 Å². The Balaban J connectivity index is 2.23. The number of aryl methyl sites for hydroxylation is 1. The second-order valence-corrected chi connectivity index (χ2v) is 4.32. The molecule has 1 unspecified atom stereocenters.